The predicted molar refractivity (Wildman–Crippen MR) is 156 cm³/mol. The average molecular weight is 705 g/mol. The number of nitrogens with two attached hydrogens (primary N) is 3. The zero-order valence-corrected chi connectivity index (χ0v) is 26.0. The summed E-state index contributed by atoms with van der Waals surface area (Å²) in [5.41, 5.74) is 18.3. The fourth-order valence-corrected chi connectivity index (χ4v) is 8.19. The van der Waals surface area contributed by atoms with E-state index in [-0.39, 0.29) is 39.9 Å². The number of aliphatic hydroxyl groups is 2. The van der Waals surface area contributed by atoms with E-state index in [1.54, 1.807) is 0 Å². The Labute approximate surface area is 261 Å². The maximum atomic E-state index is 13.5. The molecule has 4 aromatic heterocycles. The highest BCUT2D eigenvalue weighted by Crippen LogP contribution is 2.57. The molecule has 0 saturated carbocycles. The van der Waals surface area contributed by atoms with Gasteiger partial charge in [-0.15, -0.1) is 0 Å². The summed E-state index contributed by atoms with van der Waals surface area (Å²) in [4.78, 5) is 37.9. The zero-order chi connectivity index (χ0) is 31.8. The summed E-state index contributed by atoms with van der Waals surface area (Å²) in [6, 6.07) is 0. The Balaban J connectivity index is 1.20. The number of ether oxygens (including phenoxy) is 2. The summed E-state index contributed by atoms with van der Waals surface area (Å²) in [5, 5.41) is 22.4. The lowest BCUT2D eigenvalue weighted by Crippen LogP contribution is -2.37. The lowest BCUT2D eigenvalue weighted by molar-refractivity contribution is -0.218. The molecule has 7 rings (SSSR count). The second-order valence-corrected chi connectivity index (χ2v) is 15.7. The van der Waals surface area contributed by atoms with Crippen molar-refractivity contribution in [3.8, 4) is 0 Å². The van der Waals surface area contributed by atoms with Crippen molar-refractivity contribution < 1.29 is 47.2 Å². The second kappa shape index (κ2) is 11.3. The van der Waals surface area contributed by atoms with Gasteiger partial charge >= 0.3 is 6.80 Å². The number of aromatic nitrogens is 8. The Bertz CT molecular complexity index is 1880. The normalized spacial score (nSPS) is 37.7. The summed E-state index contributed by atoms with van der Waals surface area (Å²) in [7, 11) is 0. The van der Waals surface area contributed by atoms with Crippen LogP contribution >= 0.6 is 25.8 Å². The monoisotopic (exact) mass is 704 g/mol. The van der Waals surface area contributed by atoms with Gasteiger partial charge in [-0.3, -0.25) is 18.2 Å². The van der Waals surface area contributed by atoms with Gasteiger partial charge in [-0.25, -0.2) is 24.5 Å². The van der Waals surface area contributed by atoms with Gasteiger partial charge in [0, 0.05) is 0 Å². The molecule has 3 aliphatic heterocycles. The van der Waals surface area contributed by atoms with Gasteiger partial charge in [0.25, 0.3) is 0 Å². The van der Waals surface area contributed by atoms with Gasteiger partial charge in [0.05, 0.1) is 25.9 Å². The number of nitrogens with zero attached hydrogens (tertiary/aromatic N) is 8. The van der Waals surface area contributed by atoms with E-state index < -0.39 is 75.8 Å². The highest BCUT2D eigenvalue weighted by Gasteiger charge is 2.52. The van der Waals surface area contributed by atoms with Crippen molar-refractivity contribution in [3.05, 3.63) is 19.0 Å². The lowest BCUT2D eigenvalue weighted by atomic mass is 10.1. The van der Waals surface area contributed by atoms with Crippen LogP contribution in [0.4, 0.5) is 17.6 Å². The van der Waals surface area contributed by atoms with E-state index >= 15 is 0 Å². The van der Waals surface area contributed by atoms with Crippen molar-refractivity contribution in [2.45, 2.75) is 49.1 Å². The van der Waals surface area contributed by atoms with Gasteiger partial charge in [-0.2, -0.15) is 9.97 Å². The minimum atomic E-state index is -4.45. The average Bonchev–Trinajstić information content (AvgIpc) is 3.72. The first-order valence-electron chi connectivity index (χ1n) is 13.0. The molecule has 0 radical (unpaired) electrons. The Morgan fingerprint density at radius 1 is 0.867 bits per heavy atom. The third-order valence-electron chi connectivity index (χ3n) is 7.33. The van der Waals surface area contributed by atoms with Crippen molar-refractivity contribution in [2.75, 3.05) is 30.4 Å². The number of rotatable bonds is 2. The van der Waals surface area contributed by atoms with Crippen LogP contribution in [-0.2, 0) is 43.9 Å². The first-order chi connectivity index (χ1) is 21.3. The molecule has 8 N–H and O–H groups in total. The second-order valence-electron chi connectivity index (χ2n) is 10.1. The predicted octanol–water partition coefficient (Wildman–Crippen LogP) is -1.63. The van der Waals surface area contributed by atoms with Gasteiger partial charge < -0.3 is 50.8 Å². The molecule has 21 nitrogen and oxygen atoms in total. The number of thiol groups is 1. The molecule has 3 aliphatic rings. The first-order valence-corrected chi connectivity index (χ1v) is 18.2. The maximum absolute atomic E-state index is 13.5. The van der Waals surface area contributed by atoms with E-state index in [2.05, 4.69) is 42.2 Å². The van der Waals surface area contributed by atoms with Crippen LogP contribution in [0.1, 0.15) is 12.5 Å². The number of hydrogen-bond donors (Lipinski definition) is 6. The number of fused-ring (bicyclic) bond motifs is 5. The minimum Gasteiger partial charge on any atom is -0.780 e. The quantitative estimate of drug-likeness (QED) is 0.101. The summed E-state index contributed by atoms with van der Waals surface area (Å²) in [6.07, 6.45) is -7.21. The van der Waals surface area contributed by atoms with Gasteiger partial charge in [-0.1, -0.05) is 24.1 Å². The van der Waals surface area contributed by atoms with Gasteiger partial charge in [0.2, 0.25) is 5.95 Å². The van der Waals surface area contributed by atoms with Crippen LogP contribution in [0.25, 0.3) is 22.3 Å². The van der Waals surface area contributed by atoms with Crippen LogP contribution in [0.5, 0.6) is 0 Å². The fourth-order valence-electron chi connectivity index (χ4n) is 5.30. The number of anilines is 3. The van der Waals surface area contributed by atoms with E-state index in [0.717, 1.165) is 0 Å². The number of nitrogen functional groups attached to an aromatic ring is 3. The highest BCUT2D eigenvalue weighted by molar-refractivity contribution is 8.44. The van der Waals surface area contributed by atoms with Gasteiger partial charge in [-0.05, 0) is 0 Å². The van der Waals surface area contributed by atoms with Crippen molar-refractivity contribution >= 4 is 77.5 Å². The summed E-state index contributed by atoms with van der Waals surface area (Å²) in [6.45, 7) is -9.92. The smallest absolute Gasteiger partial charge is 0.386 e. The molecule has 2 unspecified atom stereocenters. The highest BCUT2D eigenvalue weighted by atomic mass is 32.7. The molecule has 0 aliphatic carbocycles. The molecule has 4 aromatic rings. The number of imidazole rings is 2. The summed E-state index contributed by atoms with van der Waals surface area (Å²) < 4.78 is 50.3. The molecule has 0 aromatic carbocycles. The third kappa shape index (κ3) is 5.56. The molecule has 0 amide bonds. The Morgan fingerprint density at radius 3 is 2.29 bits per heavy atom. The Morgan fingerprint density at radius 2 is 1.53 bits per heavy atom. The van der Waals surface area contributed by atoms with Crippen molar-refractivity contribution in [2.24, 2.45) is 0 Å². The SMILES string of the molecule is Nc1nc(N)c2ncn([C@@H]3O[C@@H]4COP([O-])(=S)O[C@@H]5[C@H](O)[C@@H](COP(=O)(S)O[C@H]4[C@H]3O)O[C@H]5n3cnc4c(N)ncnc43)c2n1. The van der Waals surface area contributed by atoms with Crippen LogP contribution in [0.2, 0.25) is 0 Å². The van der Waals surface area contributed by atoms with Crippen LogP contribution in [0, 0.1) is 0 Å². The largest absolute Gasteiger partial charge is 0.780 e. The molecule has 3 fully saturated rings. The van der Waals surface area contributed by atoms with E-state index in [1.807, 2.05) is 0 Å². The van der Waals surface area contributed by atoms with Crippen LogP contribution in [0.3, 0.4) is 0 Å². The molecular weight excluding hydrogens is 680 g/mol. The molecule has 7 heterocycles. The Hall–Kier alpha value is -2.63. The molecule has 45 heavy (non-hydrogen) atoms. The molecule has 25 heteroatoms. The number of hydrogen-bond acceptors (Lipinski definition) is 20. The molecule has 2 bridgehead atoms. The Kier molecular flexibility index (Phi) is 7.76. The van der Waals surface area contributed by atoms with Gasteiger partial charge in [0.1, 0.15) is 60.7 Å². The van der Waals surface area contributed by atoms with E-state index in [1.165, 1.54) is 28.1 Å². The molecule has 0 spiro atoms. The summed E-state index contributed by atoms with van der Waals surface area (Å²) in [5.74, 6) is -0.0945. The lowest BCUT2D eigenvalue weighted by Gasteiger charge is -2.34. The minimum absolute atomic E-state index is 0.0136. The van der Waals surface area contributed by atoms with Crippen LogP contribution in [-0.4, -0.2) is 99.1 Å². The van der Waals surface area contributed by atoms with Crippen molar-refractivity contribution in [3.63, 3.8) is 0 Å². The summed E-state index contributed by atoms with van der Waals surface area (Å²) >= 11 is 9.22. The number of aliphatic hydroxyl groups excluding tert-OH is 2. The molecule has 10 atom stereocenters. The molecular formula is C20H24N11O10P2S2-. The molecule has 242 valence electrons. The van der Waals surface area contributed by atoms with Crippen molar-refractivity contribution in [1.82, 2.24) is 39.0 Å². The first kappa shape index (κ1) is 31.0. The standard InChI is InChI=1S/C20H25N11O10P2S2/c21-14-8-16(25-3-24-14)30(4-26-8)19-13-10(32)6(38-19)1-36-42(34,44)40-12-7(2-37-43(35,45)41-13)39-18(11(12)33)31-5-27-9-15(22)28-20(23)29-17(9)31/h3-7,10-13,18-19,32-33H,1-2H2,(H,34,44)(H,35,45)(H2,21,24,25)(H4,22,23,28,29)/p-1/t6-,7-,10-,11-,12-,13-,18-,19-,42?,43?/m1/s1. The van der Waals surface area contributed by atoms with E-state index in [9.17, 15) is 19.7 Å². The maximum Gasteiger partial charge on any atom is 0.386 e. The van der Waals surface area contributed by atoms with Gasteiger partial charge in [0.15, 0.2) is 35.4 Å². The van der Waals surface area contributed by atoms with Crippen LogP contribution in [0.15, 0.2) is 19.0 Å². The fraction of sp³-hybridized carbons (Fsp3) is 0.500. The van der Waals surface area contributed by atoms with E-state index in [4.69, 9.17) is 56.6 Å². The van der Waals surface area contributed by atoms with Crippen molar-refractivity contribution in [1.29, 1.82) is 0 Å². The topological polar surface area (TPSA) is 301 Å². The third-order valence-corrected chi connectivity index (χ3v) is 10.5. The molecule has 3 saturated heterocycles. The zero-order valence-electron chi connectivity index (χ0n) is 22.5. The van der Waals surface area contributed by atoms with Crippen LogP contribution < -0.4 is 22.1 Å². The van der Waals surface area contributed by atoms with E-state index in [0.29, 0.717) is 0 Å².